The van der Waals surface area contributed by atoms with Gasteiger partial charge in [0.1, 0.15) is 30.1 Å². The van der Waals surface area contributed by atoms with E-state index >= 15 is 0 Å². The van der Waals surface area contributed by atoms with Gasteiger partial charge in [-0.05, 0) is 122 Å². The number of alkyl halides is 9. The molecule has 48 heteroatoms. The minimum atomic E-state index is -4.57. The third-order valence-corrected chi connectivity index (χ3v) is 23.5. The molecule has 8 aromatic heterocycles. The third-order valence-electron chi connectivity index (χ3n) is 14.1. The minimum Gasteiger partial charge on any atom is -0.399 e. The van der Waals surface area contributed by atoms with Crippen molar-refractivity contribution in [2.75, 3.05) is 41.3 Å². The predicted octanol–water partition coefficient (Wildman–Crippen LogP) is 10.2. The number of nitrogens with one attached hydrogen (secondary N) is 12. The lowest BCUT2D eigenvalue weighted by atomic mass is 10.2. The second-order valence-corrected chi connectivity index (χ2v) is 33.0. The van der Waals surface area contributed by atoms with Crippen molar-refractivity contribution in [1.29, 1.82) is 0 Å². The molecule has 0 unspecified atom stereocenters. The number of hydrazine groups is 3. The normalized spacial score (nSPS) is 11.7. The van der Waals surface area contributed by atoms with E-state index in [4.69, 9.17) is 40.5 Å². The number of nitrogens with zero attached hydrogens (tertiary/aromatic N) is 5. The van der Waals surface area contributed by atoms with E-state index in [1.807, 2.05) is 14.5 Å². The van der Waals surface area contributed by atoms with Crippen molar-refractivity contribution in [3.05, 3.63) is 210 Å². The Morgan fingerprint density at radius 3 is 1.03 bits per heavy atom. The highest BCUT2D eigenvalue weighted by Crippen LogP contribution is 2.35. The summed E-state index contributed by atoms with van der Waals surface area (Å²) < 4.78 is 188. The maximum absolute atomic E-state index is 12.7. The lowest BCUT2D eigenvalue weighted by molar-refractivity contribution is -0.138. The van der Waals surface area contributed by atoms with Gasteiger partial charge in [0.15, 0.2) is 0 Å². The van der Waals surface area contributed by atoms with Gasteiger partial charge in [0.25, 0.3) is 47.8 Å². The second-order valence-electron chi connectivity index (χ2n) is 22.5. The van der Waals surface area contributed by atoms with Crippen LogP contribution < -0.4 is 68.4 Å². The van der Waals surface area contributed by atoms with Gasteiger partial charge in [0.2, 0.25) is 17.7 Å². The molecule has 6 amide bonds. The summed E-state index contributed by atoms with van der Waals surface area (Å²) in [6, 6.07) is 23.5. The molecule has 30 nitrogen and oxygen atoms in total. The van der Waals surface area contributed by atoms with Crippen molar-refractivity contribution in [3.63, 3.8) is 0 Å². The standard InChI is InChI=1S/C22H22ClF3N6O4S2.2C21H20ClF3N6O4S2/c23-17-10-14(22(24,25)26)11-29-20(17)28-9-1-2-18(33)31-32-38(35,36)19-8-7-16(37-19)12-30-21(34)13-3-5-15(27)6-4-13;22-16-9-14(21(23,24)25)11-28-19(16)27-8-2-4-17(32)30-31-37(34,35)18-6-5-15(36-18)12-29-20(33)13-3-1-7-26-10-13;22-16-10-14(21(23,24)25)11-28-19(16)27-7-1-2-17(32)30-31-37(34,35)18-4-3-15(36-18)12-29-20(33)13-5-8-26-9-6-13/h3-8,10-11,32H,1-2,9,12,27H2,(H,28,29)(H,30,34)(H,31,33);1,3,5-7,9-11,31H,2,4,8,12H2,(H,27,28)(H,29,33)(H,30,32);3-6,8-11,31H,1-2,7,12H2,(H,27,28)(H,29,33)(H,30,32). The van der Waals surface area contributed by atoms with E-state index in [9.17, 15) is 93.5 Å². The third kappa shape index (κ3) is 29.0. The first-order valence-corrected chi connectivity index (χ1v) is 39.9. The first-order valence-electron chi connectivity index (χ1n) is 31.8. The van der Waals surface area contributed by atoms with Crippen LogP contribution in [0.4, 0.5) is 62.7 Å². The number of carbonyl (C=O) groups is 6. The summed E-state index contributed by atoms with van der Waals surface area (Å²) in [5.41, 5.74) is 10.6. The number of aromatic nitrogens is 5. The molecule has 600 valence electrons. The Morgan fingerprint density at radius 2 is 0.723 bits per heavy atom. The number of pyridine rings is 5. The van der Waals surface area contributed by atoms with Gasteiger partial charge in [-0.2, -0.15) is 39.5 Å². The molecule has 0 aliphatic carbocycles. The highest BCUT2D eigenvalue weighted by Gasteiger charge is 2.34. The minimum absolute atomic E-state index is 0.0268. The molecule has 1 aromatic carbocycles. The first kappa shape index (κ1) is 89.3. The molecule has 0 saturated heterocycles. The number of carbonyl (C=O) groups excluding carboxylic acids is 6. The van der Waals surface area contributed by atoms with Crippen LogP contribution in [0.15, 0.2) is 159 Å². The Balaban J connectivity index is 0.000000233. The summed E-state index contributed by atoms with van der Waals surface area (Å²) in [5, 5.41) is 15.5. The van der Waals surface area contributed by atoms with Crippen molar-refractivity contribution in [3.8, 4) is 0 Å². The molecule has 8 heterocycles. The van der Waals surface area contributed by atoms with Crippen LogP contribution in [-0.2, 0) is 82.6 Å². The molecule has 0 aliphatic rings. The van der Waals surface area contributed by atoms with Crippen LogP contribution in [0.1, 0.15) is 101 Å². The van der Waals surface area contributed by atoms with Gasteiger partial charge in [-0.3, -0.25) is 55.0 Å². The number of amides is 6. The Kier molecular flexibility index (Phi) is 32.7. The van der Waals surface area contributed by atoms with Crippen molar-refractivity contribution in [2.45, 2.75) is 89.3 Å². The molecule has 9 rings (SSSR count). The van der Waals surface area contributed by atoms with Gasteiger partial charge in [0.05, 0.1) is 57.0 Å². The van der Waals surface area contributed by atoms with E-state index in [2.05, 4.69) is 73.1 Å². The van der Waals surface area contributed by atoms with Crippen molar-refractivity contribution in [2.24, 2.45) is 0 Å². The van der Waals surface area contributed by atoms with Crippen LogP contribution in [0.3, 0.4) is 0 Å². The Bertz CT molecular complexity index is 4890. The summed E-state index contributed by atoms with van der Waals surface area (Å²) in [5.74, 6) is -2.84. The van der Waals surface area contributed by atoms with Gasteiger partial charge < -0.3 is 37.6 Å². The maximum atomic E-state index is 12.7. The van der Waals surface area contributed by atoms with E-state index in [0.29, 0.717) is 55.6 Å². The number of hydrogen-bond acceptors (Lipinski definition) is 24. The first-order chi connectivity index (χ1) is 52.8. The number of nitrogen functional groups attached to an aromatic ring is 1. The average Bonchev–Trinajstić information content (AvgIpc) is 1.17. The van der Waals surface area contributed by atoms with Gasteiger partial charge >= 0.3 is 18.5 Å². The van der Waals surface area contributed by atoms with Crippen LogP contribution in [0.2, 0.25) is 15.1 Å². The van der Waals surface area contributed by atoms with Crippen molar-refractivity contribution >= 4 is 157 Å². The van der Waals surface area contributed by atoms with Crippen LogP contribution in [0, 0.1) is 0 Å². The Morgan fingerprint density at radius 1 is 0.402 bits per heavy atom. The van der Waals surface area contributed by atoms with Gasteiger partial charge in [-0.25, -0.2) is 40.2 Å². The summed E-state index contributed by atoms with van der Waals surface area (Å²) in [7, 11) is -12.1. The number of nitrogens with two attached hydrogens (primary N) is 1. The molecule has 9 aromatic rings. The molecule has 0 fully saturated rings. The molecular weight excluding hydrogens is 1680 g/mol. The summed E-state index contributed by atoms with van der Waals surface area (Å²) in [6.45, 7) is 0.758. The predicted molar refractivity (Wildman–Crippen MR) is 397 cm³/mol. The molecule has 0 saturated carbocycles. The highest BCUT2D eigenvalue weighted by molar-refractivity contribution is 7.92. The number of sulfonamides is 3. The zero-order valence-corrected chi connectivity index (χ0v) is 64.2. The lowest BCUT2D eigenvalue weighted by Gasteiger charge is -2.11. The molecule has 0 spiro atoms. The summed E-state index contributed by atoms with van der Waals surface area (Å²) in [6.07, 6.45) is -5.53. The van der Waals surface area contributed by atoms with E-state index < -0.39 is 83.0 Å². The fourth-order valence-corrected chi connectivity index (χ4v) is 15.7. The van der Waals surface area contributed by atoms with E-state index in [1.165, 1.54) is 55.1 Å². The maximum Gasteiger partial charge on any atom is 0.417 e. The monoisotopic (exact) mass is 1740 g/mol. The topological polar surface area (TPSA) is 440 Å². The zero-order chi connectivity index (χ0) is 82.0. The number of halogens is 12. The van der Waals surface area contributed by atoms with Gasteiger partial charge in [-0.1, -0.05) is 34.8 Å². The van der Waals surface area contributed by atoms with Gasteiger partial charge in [0, 0.05) is 114 Å². The van der Waals surface area contributed by atoms with Crippen molar-refractivity contribution < 1.29 is 93.5 Å². The van der Waals surface area contributed by atoms with Crippen molar-refractivity contribution in [1.82, 2.24) is 71.6 Å². The van der Waals surface area contributed by atoms with E-state index in [0.717, 1.165) is 52.2 Å². The number of rotatable bonds is 33. The summed E-state index contributed by atoms with van der Waals surface area (Å²) in [4.78, 5) is 98.6. The van der Waals surface area contributed by atoms with Crippen LogP contribution in [0.5, 0.6) is 0 Å². The largest absolute Gasteiger partial charge is 0.417 e. The molecule has 0 radical (unpaired) electrons. The Labute approximate surface area is 658 Å². The molecule has 0 bridgehead atoms. The number of hydrogen-bond donors (Lipinski definition) is 13. The second kappa shape index (κ2) is 41.0. The van der Waals surface area contributed by atoms with E-state index in [1.54, 1.807) is 54.6 Å². The highest BCUT2D eigenvalue weighted by atomic mass is 35.5. The number of anilines is 4. The zero-order valence-electron chi connectivity index (χ0n) is 57.0. The molecule has 112 heavy (non-hydrogen) atoms. The quantitative estimate of drug-likeness (QED) is 0.00786. The smallest absolute Gasteiger partial charge is 0.399 e. The fourth-order valence-electron chi connectivity index (χ4n) is 8.48. The van der Waals surface area contributed by atoms with Crippen LogP contribution >= 0.6 is 68.8 Å². The van der Waals surface area contributed by atoms with Gasteiger partial charge in [-0.15, -0.1) is 48.5 Å². The number of benzene rings is 1. The number of thiophene rings is 3. The van der Waals surface area contributed by atoms with E-state index in [-0.39, 0.29) is 141 Å². The average molecular weight is 1750 g/mol. The molecule has 0 atom stereocenters. The Hall–Kier alpha value is -9.94. The SMILES string of the molecule is Nc1ccc(C(=O)NCc2ccc(S(=O)(=O)NNC(=O)CCCNc3ncc(C(F)(F)F)cc3Cl)s2)cc1.O=C(CCCNc1ncc(C(F)(F)F)cc1Cl)NNS(=O)(=O)c1ccc(CNC(=O)c2cccnc2)s1.O=C(CCCNc1ncc(C(F)(F)F)cc1Cl)NNS(=O)(=O)c1ccc(CNC(=O)c2ccncc2)s1. The molecule has 14 N–H and O–H groups in total. The van der Waals surface area contributed by atoms with Crippen LogP contribution in [0.25, 0.3) is 0 Å². The molecule has 0 aliphatic heterocycles. The van der Waals surface area contributed by atoms with Crippen LogP contribution in [-0.4, -0.2) is 105 Å². The molecular formula is C64H62Cl3F9N18O12S6. The lowest BCUT2D eigenvalue weighted by Crippen LogP contribution is -2.41. The summed E-state index contributed by atoms with van der Waals surface area (Å²) >= 11 is 20.2. The fraction of sp³-hybridized carbons (Fsp3) is 0.234.